The summed E-state index contributed by atoms with van der Waals surface area (Å²) in [5.41, 5.74) is 22.8. The average molecular weight is 1200 g/mol. The number of Topliss-reactive ketones (excluding diaryl/α,β-unsaturated/α-hetero) is 1. The number of carbonyl (C=O) groups excluding carboxylic acids is 3. The minimum atomic E-state index is -0.467. The van der Waals surface area contributed by atoms with Gasteiger partial charge in [0.05, 0.1) is 58.0 Å². The SMILES string of the molecule is CCCN1C(=O)C(CCC)(CCC)c2cc3[nH]c4c(c3cc21)CCC/C(=C\O)C4=O.CCCN1C(=O)C(CCC)(CCC)c2cc3[nH]c4c(c3cc21)CCCc1cn[nH]c1-4.CCCN1CC(CCC)(CCC)c2cc3[nH]c4c(c3cc21)CCCc1cn[nH]c1-4. The number of benzene rings is 3. The number of rotatable bonds is 18. The van der Waals surface area contributed by atoms with E-state index < -0.39 is 5.41 Å². The molecule has 6 aliphatic rings. The number of anilines is 3. The van der Waals surface area contributed by atoms with E-state index in [-0.39, 0.29) is 17.1 Å². The normalized spacial score (nSPS) is 18.0. The van der Waals surface area contributed by atoms with E-state index >= 15 is 0 Å². The van der Waals surface area contributed by atoms with E-state index in [1.54, 1.807) is 5.56 Å². The van der Waals surface area contributed by atoms with Gasteiger partial charge in [-0.05, 0) is 196 Å². The van der Waals surface area contributed by atoms with Crippen LogP contribution in [0.15, 0.2) is 60.6 Å². The lowest BCUT2D eigenvalue weighted by Crippen LogP contribution is -2.40. The molecule has 0 spiro atoms. The van der Waals surface area contributed by atoms with Gasteiger partial charge in [0.25, 0.3) is 0 Å². The van der Waals surface area contributed by atoms with E-state index in [1.165, 1.54) is 112 Å². The van der Waals surface area contributed by atoms with Gasteiger partial charge < -0.3 is 34.8 Å². The van der Waals surface area contributed by atoms with Crippen LogP contribution >= 0.6 is 0 Å². The van der Waals surface area contributed by atoms with Gasteiger partial charge in [0.2, 0.25) is 17.6 Å². The molecule has 0 saturated heterocycles. The van der Waals surface area contributed by atoms with E-state index in [9.17, 15) is 19.5 Å². The zero-order valence-corrected chi connectivity index (χ0v) is 54.9. The number of nitrogens with one attached hydrogen (secondary N) is 5. The third-order valence-corrected chi connectivity index (χ3v) is 21.2. The highest BCUT2D eigenvalue weighted by Crippen LogP contribution is 2.54. The topological polar surface area (TPSA) is 186 Å². The maximum absolute atomic E-state index is 13.7. The molecule has 14 heteroatoms. The number of H-pyrrole nitrogens is 5. The van der Waals surface area contributed by atoms with Crippen molar-refractivity contribution in [3.05, 3.63) is 111 Å². The first-order chi connectivity index (χ1) is 43.4. The van der Waals surface area contributed by atoms with Crippen LogP contribution in [0.2, 0.25) is 0 Å². The van der Waals surface area contributed by atoms with Crippen LogP contribution in [0.1, 0.15) is 239 Å². The summed E-state index contributed by atoms with van der Waals surface area (Å²) >= 11 is 0. The molecule has 6 N–H and O–H groups in total. The number of allylic oxidation sites excluding steroid dienone is 1. The zero-order chi connectivity index (χ0) is 62.4. The molecular formula is C75H98N10O4. The smallest absolute Gasteiger partial charge is 0.237 e. The molecule has 3 aliphatic heterocycles. The van der Waals surface area contributed by atoms with Crippen LogP contribution < -0.4 is 14.7 Å². The second kappa shape index (κ2) is 25.5. The van der Waals surface area contributed by atoms with Gasteiger partial charge in [0.15, 0.2) is 0 Å². The van der Waals surface area contributed by atoms with E-state index in [4.69, 9.17) is 0 Å². The molecule has 0 atom stereocenters. The molecule has 14 nitrogen and oxygen atoms in total. The van der Waals surface area contributed by atoms with Gasteiger partial charge in [-0.25, -0.2) is 0 Å². The van der Waals surface area contributed by atoms with Crippen LogP contribution in [0, 0.1) is 0 Å². The van der Waals surface area contributed by atoms with Crippen molar-refractivity contribution in [3.8, 4) is 22.8 Å². The minimum absolute atomic E-state index is 0.115. The van der Waals surface area contributed by atoms with Crippen molar-refractivity contribution in [2.75, 3.05) is 40.9 Å². The van der Waals surface area contributed by atoms with Crippen LogP contribution in [-0.4, -0.2) is 84.2 Å². The lowest BCUT2D eigenvalue weighted by atomic mass is 9.74. The number of aliphatic hydroxyl groups excluding tert-OH is 1. The number of carbonyl (C=O) groups is 3. The van der Waals surface area contributed by atoms with Crippen molar-refractivity contribution in [3.63, 3.8) is 0 Å². The molecule has 3 aromatic carbocycles. The number of fused-ring (bicyclic) bond motifs is 16. The minimum Gasteiger partial charge on any atom is -0.515 e. The molecule has 2 amide bonds. The Balaban J connectivity index is 0.000000130. The summed E-state index contributed by atoms with van der Waals surface area (Å²) in [4.78, 5) is 57.9. The maximum atomic E-state index is 13.7. The largest absolute Gasteiger partial charge is 0.515 e. The molecule has 8 heterocycles. The Hall–Kier alpha value is -7.35. The fourth-order valence-corrected chi connectivity index (χ4v) is 17.7. The maximum Gasteiger partial charge on any atom is 0.237 e. The highest BCUT2D eigenvalue weighted by Gasteiger charge is 2.51. The highest BCUT2D eigenvalue weighted by molar-refractivity contribution is 6.15. The Morgan fingerprint density at radius 1 is 0.461 bits per heavy atom. The third-order valence-electron chi connectivity index (χ3n) is 21.2. The lowest BCUT2D eigenvalue weighted by Gasteiger charge is -2.30. The first-order valence-corrected chi connectivity index (χ1v) is 34.8. The number of aromatic amines is 5. The van der Waals surface area contributed by atoms with E-state index in [2.05, 4.69) is 144 Å². The second-order valence-corrected chi connectivity index (χ2v) is 27.0. The molecule has 3 aliphatic carbocycles. The van der Waals surface area contributed by atoms with Gasteiger partial charge in [0.1, 0.15) is 0 Å². The number of aryl methyl sites for hydroxylation is 5. The van der Waals surface area contributed by atoms with Gasteiger partial charge in [-0.2, -0.15) is 10.2 Å². The summed E-state index contributed by atoms with van der Waals surface area (Å²) in [5.74, 6) is 0.442. The van der Waals surface area contributed by atoms with Crippen molar-refractivity contribution in [2.24, 2.45) is 0 Å². The third kappa shape index (κ3) is 10.2. The van der Waals surface area contributed by atoms with Crippen LogP contribution in [0.5, 0.6) is 0 Å². The summed E-state index contributed by atoms with van der Waals surface area (Å²) in [6, 6.07) is 13.9. The standard InChI is InChI=1S/C25H32N4O.C25H34N4.C25H32N2O3/c1-4-10-25(11-5-2)19-14-20-18(13-21(19)29(12-6-3)24(25)30)17-9-7-8-16-15-26-28-22(16)23(17)27-20;1-4-10-25(11-5-2)16-29(12-6-3)22-13-19-18-9-7-8-17-15-26-28-23(17)24(18)27-21(19)14-20(22)25;1-4-10-25(11-5-2)19-14-20-18(13-21(19)27(12-6-3)24(25)30)17-9-7-8-16(15-28)23(29)22(17)26-20/h13-15,27H,4-12H2,1-3H3,(H,26,28);13-15,27H,4-12,16H2,1-3H3,(H,26,28);13-15,26,28H,4-12H2,1-3H3/b;;16-15+. The highest BCUT2D eigenvalue weighted by atomic mass is 16.2. The molecule has 0 radical (unpaired) electrons. The number of aromatic nitrogens is 7. The quantitative estimate of drug-likeness (QED) is 0.0280. The molecule has 0 bridgehead atoms. The Morgan fingerprint density at radius 3 is 1.29 bits per heavy atom. The average Bonchev–Trinajstić information content (AvgIpc) is 1.69. The van der Waals surface area contributed by atoms with E-state index in [0.717, 1.165) is 180 Å². The molecule has 0 fully saturated rings. The number of aliphatic hydroxyl groups is 1. The lowest BCUT2D eigenvalue weighted by molar-refractivity contribution is -0.124. The summed E-state index contributed by atoms with van der Waals surface area (Å²) in [5, 5.41) is 28.3. The van der Waals surface area contributed by atoms with Crippen LogP contribution in [0.25, 0.3) is 55.5 Å². The molecule has 5 aromatic heterocycles. The first-order valence-electron chi connectivity index (χ1n) is 34.8. The Labute approximate surface area is 526 Å². The van der Waals surface area contributed by atoms with Gasteiger partial charge in [-0.1, -0.05) is 101 Å². The van der Waals surface area contributed by atoms with Gasteiger partial charge in [-0.3, -0.25) is 24.6 Å². The van der Waals surface area contributed by atoms with E-state index in [0.29, 0.717) is 29.0 Å². The first kappa shape index (κ1) is 61.9. The molecule has 8 aromatic rings. The summed E-state index contributed by atoms with van der Waals surface area (Å²) in [7, 11) is 0. The Kier molecular flexibility index (Phi) is 17.7. The van der Waals surface area contributed by atoms with E-state index in [1.807, 2.05) is 17.3 Å². The molecule has 0 saturated carbocycles. The van der Waals surface area contributed by atoms with Gasteiger partial charge in [0, 0.05) is 86.9 Å². The van der Waals surface area contributed by atoms with Crippen molar-refractivity contribution < 1.29 is 19.5 Å². The number of amides is 2. The number of nitrogens with zero attached hydrogens (tertiary/aromatic N) is 5. The van der Waals surface area contributed by atoms with Gasteiger partial charge in [-0.15, -0.1) is 0 Å². The van der Waals surface area contributed by atoms with Gasteiger partial charge >= 0.3 is 0 Å². The molecule has 0 unspecified atom stereocenters. The summed E-state index contributed by atoms with van der Waals surface area (Å²) < 4.78 is 0. The van der Waals surface area contributed by atoms with Crippen molar-refractivity contribution >= 4 is 67.4 Å². The van der Waals surface area contributed by atoms with Crippen molar-refractivity contribution in [1.29, 1.82) is 0 Å². The fourth-order valence-electron chi connectivity index (χ4n) is 17.7. The Bertz CT molecular complexity index is 3950. The summed E-state index contributed by atoms with van der Waals surface area (Å²) in [6.45, 7) is 23.8. The van der Waals surface area contributed by atoms with Crippen molar-refractivity contribution in [2.45, 2.75) is 233 Å². The monoisotopic (exact) mass is 1200 g/mol. The molecular weight excluding hydrogens is 1100 g/mol. The predicted molar refractivity (Wildman–Crippen MR) is 364 cm³/mol. The van der Waals surface area contributed by atoms with Crippen LogP contribution in [-0.2, 0) is 57.9 Å². The number of hydrogen-bond acceptors (Lipinski definition) is 7. The van der Waals surface area contributed by atoms with Crippen LogP contribution in [0.3, 0.4) is 0 Å². The predicted octanol–water partition coefficient (Wildman–Crippen LogP) is 17.5. The zero-order valence-electron chi connectivity index (χ0n) is 54.9. The Morgan fingerprint density at radius 2 is 0.865 bits per heavy atom. The van der Waals surface area contributed by atoms with Crippen molar-refractivity contribution in [1.82, 2.24) is 35.3 Å². The summed E-state index contributed by atoms with van der Waals surface area (Å²) in [6.07, 6.45) is 29.4. The molecule has 89 heavy (non-hydrogen) atoms. The molecule has 14 rings (SSSR count). The molecule has 472 valence electrons. The second-order valence-electron chi connectivity index (χ2n) is 27.0. The fraction of sp³-hybridized carbons (Fsp3) is 0.533. The number of hydrogen-bond donors (Lipinski definition) is 6. The number of ketones is 1. The van der Waals surface area contributed by atoms with Crippen LogP contribution in [0.4, 0.5) is 17.1 Å².